The fraction of sp³-hybridized carbons (Fsp3) is 0.500. The molecule has 7 nitrogen and oxygen atoms in total. The lowest BCUT2D eigenvalue weighted by molar-refractivity contribution is -0.190. The van der Waals surface area contributed by atoms with E-state index in [9.17, 15) is 14.7 Å². The molecule has 3 aliphatic rings. The Labute approximate surface area is 231 Å². The Bertz CT molecular complexity index is 1240. The Kier molecular flexibility index (Phi) is 7.72. The minimum absolute atomic E-state index is 0.0174. The van der Waals surface area contributed by atoms with Crippen LogP contribution in [-0.4, -0.2) is 72.2 Å². The van der Waals surface area contributed by atoms with Gasteiger partial charge in [0.15, 0.2) is 0 Å². The van der Waals surface area contributed by atoms with Crippen molar-refractivity contribution in [2.24, 2.45) is 5.92 Å². The molecule has 5 rings (SSSR count). The van der Waals surface area contributed by atoms with Gasteiger partial charge in [0.25, 0.3) is 0 Å². The van der Waals surface area contributed by atoms with Gasteiger partial charge in [0.05, 0.1) is 7.11 Å². The third kappa shape index (κ3) is 5.69. The molecule has 1 heterocycles. The van der Waals surface area contributed by atoms with Crippen molar-refractivity contribution < 1.29 is 24.2 Å². The first-order valence-corrected chi connectivity index (χ1v) is 14.0. The van der Waals surface area contributed by atoms with Crippen molar-refractivity contribution in [3.05, 3.63) is 65.7 Å². The molecule has 7 heteroatoms. The second kappa shape index (κ2) is 11.0. The maximum absolute atomic E-state index is 13.3. The zero-order chi connectivity index (χ0) is 27.6. The summed E-state index contributed by atoms with van der Waals surface area (Å²) in [5.74, 6) is 1.35. The predicted octanol–water partition coefficient (Wildman–Crippen LogP) is 4.78. The zero-order valence-corrected chi connectivity index (χ0v) is 23.3. The van der Waals surface area contributed by atoms with Crippen LogP contribution in [0.4, 0.5) is 0 Å². The number of hydrogen-bond donors (Lipinski definition) is 1. The number of methoxy groups -OCH3 is 1. The number of carbonyl (C=O) groups excluding carboxylic acids is 2. The summed E-state index contributed by atoms with van der Waals surface area (Å²) in [7, 11) is 3.53. The number of rotatable bonds is 8. The molecule has 1 amide bonds. The summed E-state index contributed by atoms with van der Waals surface area (Å²) in [6.45, 7) is 4.21. The van der Waals surface area contributed by atoms with Gasteiger partial charge >= 0.3 is 5.97 Å². The largest absolute Gasteiger partial charge is 0.508 e. The van der Waals surface area contributed by atoms with Gasteiger partial charge in [0.2, 0.25) is 5.91 Å². The maximum Gasteiger partial charge on any atom is 0.303 e. The van der Waals surface area contributed by atoms with Gasteiger partial charge in [-0.05, 0) is 92.5 Å². The number of likely N-dealkylation sites (N-methyl/N-ethyl adjacent to an activating group) is 1. The van der Waals surface area contributed by atoms with Crippen LogP contribution in [0.5, 0.6) is 11.5 Å². The van der Waals surface area contributed by atoms with E-state index in [4.69, 9.17) is 9.47 Å². The van der Waals surface area contributed by atoms with Crippen LogP contribution in [0.25, 0.3) is 6.08 Å². The third-order valence-electron chi connectivity index (χ3n) is 9.03. The number of carbonyl (C=O) groups is 2. The molecule has 0 spiro atoms. The summed E-state index contributed by atoms with van der Waals surface area (Å²) in [5, 5.41) is 9.75. The number of likely N-dealkylation sites (tertiary alicyclic amines) is 1. The molecule has 2 saturated carbocycles. The monoisotopic (exact) mass is 532 g/mol. The molecule has 2 aliphatic carbocycles. The highest BCUT2D eigenvalue weighted by molar-refractivity contribution is 5.91. The number of fused-ring (bicyclic) bond motifs is 1. The number of hydrogen-bond acceptors (Lipinski definition) is 6. The first-order chi connectivity index (χ1) is 18.7. The van der Waals surface area contributed by atoms with Crippen LogP contribution in [-0.2, 0) is 19.7 Å². The minimum atomic E-state index is -0.671. The highest BCUT2D eigenvalue weighted by atomic mass is 16.6. The van der Waals surface area contributed by atoms with Gasteiger partial charge in [-0.25, -0.2) is 0 Å². The number of amides is 1. The van der Waals surface area contributed by atoms with Crippen molar-refractivity contribution in [2.75, 3.05) is 33.8 Å². The molecule has 0 bridgehead atoms. The van der Waals surface area contributed by atoms with Gasteiger partial charge in [0, 0.05) is 44.6 Å². The molecule has 2 aromatic carbocycles. The fourth-order valence-electron chi connectivity index (χ4n) is 6.83. The Hall–Kier alpha value is -3.32. The summed E-state index contributed by atoms with van der Waals surface area (Å²) in [6.07, 6.45) is 8.84. The molecule has 3 atom stereocenters. The number of benzene rings is 2. The Balaban J connectivity index is 1.46. The van der Waals surface area contributed by atoms with Gasteiger partial charge < -0.3 is 19.5 Å². The lowest BCUT2D eigenvalue weighted by Gasteiger charge is -2.60. The molecular formula is C32H40N2O5. The lowest BCUT2D eigenvalue weighted by Crippen LogP contribution is -2.68. The standard InChI is InChI=1S/C32H40N2O5/c1-23(35)39-32-15-14-27(33(2)30(37)13-12-24-6-4-8-28(36)18-24)20-31(32,26-7-5-9-29(19-26)38-3)16-17-34(22-32)21-25-10-11-25/h4-9,12-13,18-19,25,27,36H,10-11,14-17,20-22H2,1-3H3/t27-,31-,32-/m0/s1. The first-order valence-electron chi connectivity index (χ1n) is 14.0. The van der Waals surface area contributed by atoms with Crippen LogP contribution in [0.3, 0.4) is 0 Å². The van der Waals surface area contributed by atoms with E-state index in [1.54, 1.807) is 37.5 Å². The second-order valence-corrected chi connectivity index (χ2v) is 11.6. The average Bonchev–Trinajstić information content (AvgIpc) is 3.74. The zero-order valence-electron chi connectivity index (χ0n) is 23.3. The smallest absolute Gasteiger partial charge is 0.303 e. The molecule has 1 N–H and O–H groups in total. The molecular weight excluding hydrogens is 492 g/mol. The molecule has 1 aliphatic heterocycles. The quantitative estimate of drug-likeness (QED) is 0.389. The van der Waals surface area contributed by atoms with Gasteiger partial charge in [-0.3, -0.25) is 14.5 Å². The SMILES string of the molecule is COc1cccc([C@@]23CCN(CC4CC4)C[C@@]2(OC(C)=O)CC[C@H](N(C)C(=O)C=Cc2cccc(O)c2)C3)c1. The molecule has 3 fully saturated rings. The summed E-state index contributed by atoms with van der Waals surface area (Å²) < 4.78 is 12.0. The van der Waals surface area contributed by atoms with E-state index in [0.29, 0.717) is 19.4 Å². The van der Waals surface area contributed by atoms with Gasteiger partial charge in [0.1, 0.15) is 17.1 Å². The van der Waals surface area contributed by atoms with Crippen LogP contribution >= 0.6 is 0 Å². The van der Waals surface area contributed by atoms with Gasteiger partial charge in [-0.15, -0.1) is 0 Å². The molecule has 2 aromatic rings. The number of ether oxygens (including phenoxy) is 2. The Morgan fingerprint density at radius 2 is 1.92 bits per heavy atom. The van der Waals surface area contributed by atoms with Crippen molar-refractivity contribution >= 4 is 18.0 Å². The van der Waals surface area contributed by atoms with Crippen molar-refractivity contribution in [3.8, 4) is 11.5 Å². The fourth-order valence-corrected chi connectivity index (χ4v) is 6.83. The lowest BCUT2D eigenvalue weighted by atomic mass is 9.55. The molecule has 39 heavy (non-hydrogen) atoms. The van der Waals surface area contributed by atoms with Crippen molar-refractivity contribution in [3.63, 3.8) is 0 Å². The number of phenols is 1. The van der Waals surface area contributed by atoms with Crippen LogP contribution in [0.1, 0.15) is 56.6 Å². The van der Waals surface area contributed by atoms with Gasteiger partial charge in [-0.2, -0.15) is 0 Å². The van der Waals surface area contributed by atoms with Crippen molar-refractivity contribution in [2.45, 2.75) is 62.5 Å². The highest BCUT2D eigenvalue weighted by Crippen LogP contribution is 2.55. The van der Waals surface area contributed by atoms with E-state index in [1.165, 1.54) is 19.8 Å². The number of piperidine rings is 1. The van der Waals surface area contributed by atoms with Crippen LogP contribution in [0.2, 0.25) is 0 Å². The molecule has 208 valence electrons. The Morgan fingerprint density at radius 1 is 1.13 bits per heavy atom. The number of aromatic hydroxyl groups is 1. The maximum atomic E-state index is 13.3. The predicted molar refractivity (Wildman–Crippen MR) is 150 cm³/mol. The minimum Gasteiger partial charge on any atom is -0.508 e. The number of esters is 1. The average molecular weight is 533 g/mol. The van der Waals surface area contributed by atoms with Crippen LogP contribution in [0.15, 0.2) is 54.6 Å². The van der Waals surface area contributed by atoms with E-state index >= 15 is 0 Å². The van der Waals surface area contributed by atoms with Crippen LogP contribution in [0, 0.1) is 5.92 Å². The van der Waals surface area contributed by atoms with E-state index in [2.05, 4.69) is 17.0 Å². The summed E-state index contributed by atoms with van der Waals surface area (Å²) in [5.41, 5.74) is 0.760. The highest BCUT2D eigenvalue weighted by Gasteiger charge is 2.61. The second-order valence-electron chi connectivity index (χ2n) is 11.6. The van der Waals surface area contributed by atoms with E-state index < -0.39 is 11.0 Å². The summed E-state index contributed by atoms with van der Waals surface area (Å²) in [4.78, 5) is 30.2. The first kappa shape index (κ1) is 27.3. The normalized spacial score (nSPS) is 27.1. The third-order valence-corrected chi connectivity index (χ3v) is 9.03. The van der Waals surface area contributed by atoms with E-state index in [1.807, 2.05) is 30.1 Å². The summed E-state index contributed by atoms with van der Waals surface area (Å²) in [6, 6.07) is 15.0. The number of phenolic OH excluding ortho intramolecular Hbond substituents is 1. The molecule has 1 saturated heterocycles. The van der Waals surface area contributed by atoms with Crippen molar-refractivity contribution in [1.29, 1.82) is 0 Å². The molecule has 0 radical (unpaired) electrons. The number of nitrogens with zero attached hydrogens (tertiary/aromatic N) is 2. The Morgan fingerprint density at radius 3 is 2.64 bits per heavy atom. The van der Waals surface area contributed by atoms with Gasteiger partial charge in [-0.1, -0.05) is 24.3 Å². The van der Waals surface area contributed by atoms with Crippen LogP contribution < -0.4 is 4.74 Å². The topological polar surface area (TPSA) is 79.3 Å². The summed E-state index contributed by atoms with van der Waals surface area (Å²) >= 11 is 0. The van der Waals surface area contributed by atoms with E-state index in [-0.39, 0.29) is 23.7 Å². The van der Waals surface area contributed by atoms with Crippen molar-refractivity contribution in [1.82, 2.24) is 9.80 Å². The molecule has 0 unspecified atom stereocenters. The van der Waals surface area contributed by atoms with E-state index in [0.717, 1.165) is 48.7 Å². The molecule has 0 aromatic heterocycles.